The molecule has 0 amide bonds. The van der Waals surface area contributed by atoms with Crippen LogP contribution in [0, 0.1) is 0 Å². The molecule has 1 unspecified atom stereocenters. The average Bonchev–Trinajstić information content (AvgIpc) is 1.80. The smallest absolute Gasteiger partial charge is 0.300 e. The SMILES string of the molecule is CC(=O)O.CC(Cl)(CO)CC(Cl)(Cl)Cl. The molecular formula is C7H12Cl4O3. The summed E-state index contributed by atoms with van der Waals surface area (Å²) in [5, 5.41) is 16.1. The molecule has 0 radical (unpaired) electrons. The first-order valence-corrected chi connectivity index (χ1v) is 5.07. The van der Waals surface area contributed by atoms with Crippen molar-refractivity contribution in [3.8, 4) is 0 Å². The van der Waals surface area contributed by atoms with Gasteiger partial charge in [-0.25, -0.2) is 0 Å². The van der Waals surface area contributed by atoms with Gasteiger partial charge in [-0.15, -0.1) is 11.6 Å². The fourth-order valence-electron chi connectivity index (χ4n) is 0.474. The van der Waals surface area contributed by atoms with Crippen molar-refractivity contribution < 1.29 is 15.0 Å². The average molecular weight is 286 g/mol. The first-order valence-electron chi connectivity index (χ1n) is 3.56. The second kappa shape index (κ2) is 6.96. The van der Waals surface area contributed by atoms with Crippen LogP contribution in [0.3, 0.4) is 0 Å². The van der Waals surface area contributed by atoms with Crippen molar-refractivity contribution >= 4 is 52.4 Å². The summed E-state index contributed by atoms with van der Waals surface area (Å²) in [5.74, 6) is -0.833. The minimum Gasteiger partial charge on any atom is -0.481 e. The summed E-state index contributed by atoms with van der Waals surface area (Å²) in [6, 6.07) is 0. The summed E-state index contributed by atoms with van der Waals surface area (Å²) >= 11 is 22.0. The fourth-order valence-corrected chi connectivity index (χ4v) is 1.76. The number of aliphatic hydroxyl groups excluding tert-OH is 1. The lowest BCUT2D eigenvalue weighted by Crippen LogP contribution is -2.27. The lowest BCUT2D eigenvalue weighted by atomic mass is 10.1. The van der Waals surface area contributed by atoms with Gasteiger partial charge in [-0.3, -0.25) is 4.79 Å². The van der Waals surface area contributed by atoms with E-state index in [2.05, 4.69) is 0 Å². The summed E-state index contributed by atoms with van der Waals surface area (Å²) in [4.78, 5) is 8.16. The van der Waals surface area contributed by atoms with Crippen LogP contribution >= 0.6 is 46.4 Å². The number of carboxylic acids is 1. The van der Waals surface area contributed by atoms with Crippen LogP contribution in [0.1, 0.15) is 20.3 Å². The number of aliphatic carboxylic acids is 1. The summed E-state index contributed by atoms with van der Waals surface area (Å²) in [5.41, 5.74) is 0. The molecule has 0 aromatic heterocycles. The van der Waals surface area contributed by atoms with Gasteiger partial charge in [-0.2, -0.15) is 0 Å². The van der Waals surface area contributed by atoms with Crippen molar-refractivity contribution in [2.24, 2.45) is 0 Å². The lowest BCUT2D eigenvalue weighted by Gasteiger charge is -2.23. The minimum atomic E-state index is -1.39. The Balaban J connectivity index is 0. The molecule has 7 heteroatoms. The molecule has 0 aromatic rings. The van der Waals surface area contributed by atoms with E-state index in [1.165, 1.54) is 0 Å². The predicted molar refractivity (Wildman–Crippen MR) is 59.6 cm³/mol. The third-order valence-corrected chi connectivity index (χ3v) is 1.55. The van der Waals surface area contributed by atoms with Crippen LogP contribution in [-0.2, 0) is 4.79 Å². The molecule has 14 heavy (non-hydrogen) atoms. The molecule has 0 heterocycles. The number of aliphatic hydroxyl groups is 1. The van der Waals surface area contributed by atoms with Gasteiger partial charge in [0.05, 0.1) is 11.5 Å². The Morgan fingerprint density at radius 3 is 1.64 bits per heavy atom. The van der Waals surface area contributed by atoms with Crippen molar-refractivity contribution in [2.45, 2.75) is 28.9 Å². The standard InChI is InChI=1S/C5H8Cl4O.C2H4O2/c1-4(6,3-10)2-5(7,8)9;1-2(3)4/h10H,2-3H2,1H3;1H3,(H,3,4). The largest absolute Gasteiger partial charge is 0.481 e. The molecule has 3 nitrogen and oxygen atoms in total. The van der Waals surface area contributed by atoms with E-state index in [0.717, 1.165) is 6.92 Å². The molecule has 0 rings (SSSR count). The summed E-state index contributed by atoms with van der Waals surface area (Å²) < 4.78 is -1.39. The van der Waals surface area contributed by atoms with Crippen molar-refractivity contribution in [2.75, 3.05) is 6.61 Å². The van der Waals surface area contributed by atoms with Gasteiger partial charge < -0.3 is 10.2 Å². The van der Waals surface area contributed by atoms with Crippen LogP contribution in [0.25, 0.3) is 0 Å². The molecular weight excluding hydrogens is 274 g/mol. The van der Waals surface area contributed by atoms with E-state index in [9.17, 15) is 0 Å². The number of alkyl halides is 4. The number of rotatable bonds is 2. The highest BCUT2D eigenvalue weighted by molar-refractivity contribution is 6.67. The molecule has 0 saturated carbocycles. The van der Waals surface area contributed by atoms with Gasteiger partial charge in [-0.05, 0) is 6.92 Å². The van der Waals surface area contributed by atoms with Gasteiger partial charge in [0.1, 0.15) is 0 Å². The van der Waals surface area contributed by atoms with Gasteiger partial charge in [0.2, 0.25) is 0 Å². The normalized spacial score (nSPS) is 15.1. The predicted octanol–water partition coefficient (Wildman–Crippen LogP) is 2.83. The number of halogens is 4. The third-order valence-electron chi connectivity index (χ3n) is 0.899. The number of hydrogen-bond donors (Lipinski definition) is 2. The van der Waals surface area contributed by atoms with Gasteiger partial charge in [0.25, 0.3) is 5.97 Å². The number of hydrogen-bond acceptors (Lipinski definition) is 2. The van der Waals surface area contributed by atoms with E-state index >= 15 is 0 Å². The Morgan fingerprint density at radius 2 is 1.57 bits per heavy atom. The Morgan fingerprint density at radius 1 is 1.29 bits per heavy atom. The van der Waals surface area contributed by atoms with Crippen molar-refractivity contribution in [3.05, 3.63) is 0 Å². The molecule has 0 fully saturated rings. The van der Waals surface area contributed by atoms with Crippen LogP contribution < -0.4 is 0 Å². The zero-order chi connectivity index (χ0) is 12.0. The Hall–Kier alpha value is 0.590. The van der Waals surface area contributed by atoms with Crippen molar-refractivity contribution in [1.82, 2.24) is 0 Å². The maximum Gasteiger partial charge on any atom is 0.300 e. The van der Waals surface area contributed by atoms with Gasteiger partial charge in [-0.1, -0.05) is 34.8 Å². The van der Waals surface area contributed by atoms with E-state index < -0.39 is 14.6 Å². The van der Waals surface area contributed by atoms with E-state index in [4.69, 9.17) is 61.4 Å². The first-order chi connectivity index (χ1) is 6.00. The van der Waals surface area contributed by atoms with Gasteiger partial charge in [0, 0.05) is 13.3 Å². The first kappa shape index (κ1) is 17.0. The molecule has 1 atom stereocenters. The van der Waals surface area contributed by atoms with Crippen LogP contribution in [0.5, 0.6) is 0 Å². The second-order valence-corrected chi connectivity index (χ2v) is 6.31. The summed E-state index contributed by atoms with van der Waals surface area (Å²) in [7, 11) is 0. The topological polar surface area (TPSA) is 57.5 Å². The van der Waals surface area contributed by atoms with E-state index in [1.807, 2.05) is 0 Å². The Bertz CT molecular complexity index is 172. The summed E-state index contributed by atoms with van der Waals surface area (Å²) in [6.45, 7) is 2.49. The van der Waals surface area contributed by atoms with Crippen molar-refractivity contribution in [3.63, 3.8) is 0 Å². The molecule has 0 aliphatic heterocycles. The number of carboxylic acid groups (broad SMARTS) is 1. The highest BCUT2D eigenvalue weighted by Gasteiger charge is 2.32. The molecule has 0 aliphatic carbocycles. The van der Waals surface area contributed by atoms with Crippen LogP contribution in [0.4, 0.5) is 0 Å². The molecule has 0 saturated heterocycles. The molecule has 0 bridgehead atoms. The Kier molecular flexibility index (Phi) is 8.45. The maximum atomic E-state index is 9.00. The zero-order valence-electron chi connectivity index (χ0n) is 7.73. The highest BCUT2D eigenvalue weighted by atomic mass is 35.6. The highest BCUT2D eigenvalue weighted by Crippen LogP contribution is 2.37. The monoisotopic (exact) mass is 284 g/mol. The van der Waals surface area contributed by atoms with Gasteiger partial charge >= 0.3 is 0 Å². The van der Waals surface area contributed by atoms with Crippen LogP contribution in [-0.4, -0.2) is 31.5 Å². The van der Waals surface area contributed by atoms with E-state index in [0.29, 0.717) is 0 Å². The molecule has 0 aliphatic rings. The summed E-state index contributed by atoms with van der Waals surface area (Å²) in [6.07, 6.45) is 0.128. The third kappa shape index (κ3) is 18.4. The fraction of sp³-hybridized carbons (Fsp3) is 0.857. The van der Waals surface area contributed by atoms with Crippen LogP contribution in [0.15, 0.2) is 0 Å². The molecule has 2 N–H and O–H groups in total. The minimum absolute atomic E-state index is 0.128. The van der Waals surface area contributed by atoms with E-state index in [-0.39, 0.29) is 13.0 Å². The van der Waals surface area contributed by atoms with E-state index in [1.54, 1.807) is 6.92 Å². The zero-order valence-corrected chi connectivity index (χ0v) is 10.8. The second-order valence-electron chi connectivity index (χ2n) is 2.88. The number of carbonyl (C=O) groups is 1. The van der Waals surface area contributed by atoms with Gasteiger partial charge in [0.15, 0.2) is 3.79 Å². The molecule has 86 valence electrons. The maximum absolute atomic E-state index is 9.00. The molecule has 0 spiro atoms. The van der Waals surface area contributed by atoms with Crippen LogP contribution in [0.2, 0.25) is 0 Å². The van der Waals surface area contributed by atoms with Crippen molar-refractivity contribution in [1.29, 1.82) is 0 Å². The Labute approximate surface area is 103 Å². The quantitative estimate of drug-likeness (QED) is 0.767. The molecule has 0 aromatic carbocycles. The lowest BCUT2D eigenvalue weighted by molar-refractivity contribution is -0.134.